The molecular formula is C15H25N3S. The molecule has 3 atom stereocenters. The summed E-state index contributed by atoms with van der Waals surface area (Å²) in [5.74, 6) is 0.844. The summed E-state index contributed by atoms with van der Waals surface area (Å²) in [7, 11) is 0. The number of thiazole rings is 1. The van der Waals surface area contributed by atoms with Crippen molar-refractivity contribution in [1.29, 1.82) is 0 Å². The molecule has 3 rings (SSSR count). The fourth-order valence-corrected chi connectivity index (χ4v) is 4.65. The zero-order valence-electron chi connectivity index (χ0n) is 12.0. The molecule has 1 aliphatic carbocycles. The number of nitrogens with zero attached hydrogens (tertiary/aromatic N) is 1. The Morgan fingerprint density at radius 3 is 2.84 bits per heavy atom. The van der Waals surface area contributed by atoms with E-state index in [4.69, 9.17) is 0 Å². The highest BCUT2D eigenvalue weighted by molar-refractivity contribution is 7.11. The molecule has 1 saturated heterocycles. The first-order chi connectivity index (χ1) is 9.24. The predicted octanol–water partition coefficient (Wildman–Crippen LogP) is 2.77. The van der Waals surface area contributed by atoms with Gasteiger partial charge in [-0.3, -0.25) is 0 Å². The van der Waals surface area contributed by atoms with Crippen molar-refractivity contribution in [2.24, 2.45) is 5.92 Å². The summed E-state index contributed by atoms with van der Waals surface area (Å²) in [6, 6.07) is 1.47. The molecular weight excluding hydrogens is 254 g/mol. The van der Waals surface area contributed by atoms with Crippen molar-refractivity contribution in [3.05, 3.63) is 15.6 Å². The summed E-state index contributed by atoms with van der Waals surface area (Å²) in [4.78, 5) is 5.94. The van der Waals surface area contributed by atoms with Gasteiger partial charge in [-0.2, -0.15) is 0 Å². The van der Waals surface area contributed by atoms with Crippen molar-refractivity contribution in [1.82, 2.24) is 15.6 Å². The zero-order chi connectivity index (χ0) is 13.2. The van der Waals surface area contributed by atoms with Gasteiger partial charge in [-0.15, -0.1) is 11.3 Å². The van der Waals surface area contributed by atoms with E-state index in [2.05, 4.69) is 29.5 Å². The minimum absolute atomic E-state index is 0.706. The maximum absolute atomic E-state index is 4.52. The maximum atomic E-state index is 4.52. The minimum atomic E-state index is 0.706. The van der Waals surface area contributed by atoms with Gasteiger partial charge < -0.3 is 10.6 Å². The quantitative estimate of drug-likeness (QED) is 0.890. The lowest BCUT2D eigenvalue weighted by Crippen LogP contribution is -2.41. The lowest BCUT2D eigenvalue weighted by atomic mass is 9.93. The second kappa shape index (κ2) is 5.90. The van der Waals surface area contributed by atoms with Crippen LogP contribution in [0.4, 0.5) is 0 Å². The Kier molecular flexibility index (Phi) is 4.20. The molecule has 1 aromatic heterocycles. The number of rotatable bonds is 4. The van der Waals surface area contributed by atoms with Crippen LogP contribution in [-0.2, 0) is 6.54 Å². The normalized spacial score (nSPS) is 31.2. The van der Waals surface area contributed by atoms with E-state index in [0.29, 0.717) is 6.04 Å². The van der Waals surface area contributed by atoms with Gasteiger partial charge in [0.1, 0.15) is 0 Å². The Bertz CT molecular complexity index is 423. The van der Waals surface area contributed by atoms with Crippen molar-refractivity contribution in [2.45, 2.75) is 64.6 Å². The van der Waals surface area contributed by atoms with E-state index in [1.54, 1.807) is 0 Å². The van der Waals surface area contributed by atoms with Gasteiger partial charge in [0.05, 0.1) is 10.7 Å². The summed E-state index contributed by atoms with van der Waals surface area (Å²) in [5, 5.41) is 8.69. The van der Waals surface area contributed by atoms with Crippen molar-refractivity contribution in [3.63, 3.8) is 0 Å². The first kappa shape index (κ1) is 13.5. The van der Waals surface area contributed by atoms with Crippen LogP contribution in [0.1, 0.15) is 47.7 Å². The molecule has 1 aliphatic heterocycles. The average Bonchev–Trinajstić information content (AvgIpc) is 3.07. The number of aryl methyl sites for hydroxylation is 2. The number of hydrogen-bond donors (Lipinski definition) is 2. The molecule has 2 aliphatic rings. The third-order valence-electron chi connectivity index (χ3n) is 4.71. The van der Waals surface area contributed by atoms with Crippen molar-refractivity contribution >= 4 is 11.3 Å². The summed E-state index contributed by atoms with van der Waals surface area (Å²) in [6.07, 6.45) is 6.87. The zero-order valence-corrected chi connectivity index (χ0v) is 12.9. The van der Waals surface area contributed by atoms with E-state index in [0.717, 1.165) is 18.5 Å². The van der Waals surface area contributed by atoms with Gasteiger partial charge in [0, 0.05) is 23.5 Å². The molecule has 0 aromatic carbocycles. The molecule has 0 amide bonds. The van der Waals surface area contributed by atoms with Gasteiger partial charge in [-0.25, -0.2) is 4.98 Å². The number of aromatic nitrogens is 1. The Hall–Kier alpha value is -0.450. The molecule has 3 unspecified atom stereocenters. The Morgan fingerprint density at radius 2 is 2.16 bits per heavy atom. The predicted molar refractivity (Wildman–Crippen MR) is 80.6 cm³/mol. The molecule has 2 heterocycles. The lowest BCUT2D eigenvalue weighted by molar-refractivity contribution is 0.320. The van der Waals surface area contributed by atoms with Crippen LogP contribution in [0.25, 0.3) is 0 Å². The van der Waals surface area contributed by atoms with Crippen molar-refractivity contribution in [3.8, 4) is 0 Å². The fourth-order valence-electron chi connectivity index (χ4n) is 3.76. The Morgan fingerprint density at radius 1 is 1.26 bits per heavy atom. The molecule has 4 heteroatoms. The lowest BCUT2D eigenvalue weighted by Gasteiger charge is -2.26. The second-order valence-corrected chi connectivity index (χ2v) is 7.31. The molecule has 0 radical (unpaired) electrons. The highest BCUT2D eigenvalue weighted by Crippen LogP contribution is 2.32. The van der Waals surface area contributed by atoms with Crippen LogP contribution in [0.5, 0.6) is 0 Å². The first-order valence-electron chi connectivity index (χ1n) is 7.63. The highest BCUT2D eigenvalue weighted by atomic mass is 32.1. The monoisotopic (exact) mass is 279 g/mol. The van der Waals surface area contributed by atoms with Crippen LogP contribution >= 0.6 is 11.3 Å². The molecule has 0 spiro atoms. The van der Waals surface area contributed by atoms with Crippen LogP contribution in [0.2, 0.25) is 0 Å². The van der Waals surface area contributed by atoms with Gasteiger partial charge in [0.2, 0.25) is 0 Å². The second-order valence-electron chi connectivity index (χ2n) is 6.03. The van der Waals surface area contributed by atoms with Gasteiger partial charge in [0.25, 0.3) is 0 Å². The molecule has 1 aromatic rings. The number of nitrogens with one attached hydrogen (secondary N) is 2. The average molecular weight is 279 g/mol. The SMILES string of the molecule is Cc1nc(C)c(CNC2CCCC2C2CCCN2)s1. The third-order valence-corrected chi connectivity index (χ3v) is 5.78. The van der Waals surface area contributed by atoms with Gasteiger partial charge in [0.15, 0.2) is 0 Å². The standard InChI is InChI=1S/C15H25N3S/c1-10-15(19-11(2)18-10)9-17-14-6-3-5-12(14)13-7-4-8-16-13/h12-14,16-17H,3-9H2,1-2H3. The van der Waals surface area contributed by atoms with Crippen LogP contribution in [0.15, 0.2) is 0 Å². The van der Waals surface area contributed by atoms with Crippen molar-refractivity contribution < 1.29 is 0 Å². The molecule has 106 valence electrons. The highest BCUT2D eigenvalue weighted by Gasteiger charge is 2.34. The van der Waals surface area contributed by atoms with Crippen LogP contribution < -0.4 is 10.6 Å². The van der Waals surface area contributed by atoms with E-state index in [1.165, 1.54) is 54.2 Å². The minimum Gasteiger partial charge on any atom is -0.314 e. The topological polar surface area (TPSA) is 37.0 Å². The first-order valence-corrected chi connectivity index (χ1v) is 8.45. The molecule has 2 N–H and O–H groups in total. The Labute approximate surface area is 120 Å². The molecule has 19 heavy (non-hydrogen) atoms. The van der Waals surface area contributed by atoms with Crippen LogP contribution in [-0.4, -0.2) is 23.6 Å². The fraction of sp³-hybridized carbons (Fsp3) is 0.800. The maximum Gasteiger partial charge on any atom is 0.0900 e. The van der Waals surface area contributed by atoms with Crippen LogP contribution in [0.3, 0.4) is 0 Å². The van der Waals surface area contributed by atoms with E-state index in [9.17, 15) is 0 Å². The van der Waals surface area contributed by atoms with Crippen LogP contribution in [0, 0.1) is 19.8 Å². The van der Waals surface area contributed by atoms with E-state index in [-0.39, 0.29) is 0 Å². The summed E-state index contributed by atoms with van der Waals surface area (Å²) >= 11 is 1.84. The van der Waals surface area contributed by atoms with E-state index >= 15 is 0 Å². The smallest absolute Gasteiger partial charge is 0.0900 e. The largest absolute Gasteiger partial charge is 0.314 e. The van der Waals surface area contributed by atoms with Gasteiger partial charge in [-0.05, 0) is 52.0 Å². The van der Waals surface area contributed by atoms with Gasteiger partial charge in [-0.1, -0.05) is 6.42 Å². The summed E-state index contributed by atoms with van der Waals surface area (Å²) in [5.41, 5.74) is 1.21. The molecule has 3 nitrogen and oxygen atoms in total. The van der Waals surface area contributed by atoms with E-state index < -0.39 is 0 Å². The molecule has 1 saturated carbocycles. The summed E-state index contributed by atoms with van der Waals surface area (Å²) < 4.78 is 0. The van der Waals surface area contributed by atoms with Crippen molar-refractivity contribution in [2.75, 3.05) is 6.54 Å². The molecule has 0 bridgehead atoms. The van der Waals surface area contributed by atoms with E-state index in [1.807, 2.05) is 11.3 Å². The summed E-state index contributed by atoms with van der Waals surface area (Å²) in [6.45, 7) is 6.46. The Balaban J connectivity index is 1.58. The third kappa shape index (κ3) is 3.01. The molecule has 2 fully saturated rings. The number of hydrogen-bond acceptors (Lipinski definition) is 4. The van der Waals surface area contributed by atoms with Gasteiger partial charge >= 0.3 is 0 Å².